The van der Waals surface area contributed by atoms with Crippen LogP contribution in [0.4, 0.5) is 0 Å². The first-order valence-electron chi connectivity index (χ1n) is 9.44. The van der Waals surface area contributed by atoms with Crippen molar-refractivity contribution in [1.29, 1.82) is 0 Å². The van der Waals surface area contributed by atoms with Crippen molar-refractivity contribution in [1.82, 2.24) is 10.2 Å². The summed E-state index contributed by atoms with van der Waals surface area (Å²) in [5.41, 5.74) is 3.77. The second-order valence-electron chi connectivity index (χ2n) is 6.96. The van der Waals surface area contributed by atoms with Crippen LogP contribution in [-0.2, 0) is 23.6 Å². The highest BCUT2D eigenvalue weighted by Gasteiger charge is 2.14. The van der Waals surface area contributed by atoms with Crippen molar-refractivity contribution in [2.24, 2.45) is 0 Å². The number of benzene rings is 2. The fourth-order valence-corrected chi connectivity index (χ4v) is 4.11. The van der Waals surface area contributed by atoms with E-state index in [2.05, 4.69) is 46.6 Å². The number of hydrogen-bond acceptors (Lipinski definition) is 3. The van der Waals surface area contributed by atoms with Gasteiger partial charge in [0.15, 0.2) is 0 Å². The number of thioether (sulfide) groups is 1. The molecule has 138 valence electrons. The number of rotatable bonds is 8. The van der Waals surface area contributed by atoms with E-state index in [0.717, 1.165) is 12.3 Å². The molecule has 0 unspecified atom stereocenters. The molecule has 1 fully saturated rings. The second-order valence-corrected chi connectivity index (χ2v) is 8.29. The van der Waals surface area contributed by atoms with Gasteiger partial charge in [0.25, 0.3) is 0 Å². The van der Waals surface area contributed by atoms with E-state index < -0.39 is 0 Å². The molecule has 1 heterocycles. The molecule has 2 aromatic carbocycles. The maximum absolute atomic E-state index is 12.4. The van der Waals surface area contributed by atoms with Crippen LogP contribution in [0.3, 0.4) is 0 Å². The van der Waals surface area contributed by atoms with Gasteiger partial charge in [-0.1, -0.05) is 54.6 Å². The molecular weight excluding hydrogens is 340 g/mol. The minimum atomic E-state index is -0.0528. The Morgan fingerprint density at radius 2 is 1.73 bits per heavy atom. The van der Waals surface area contributed by atoms with Gasteiger partial charge in [-0.2, -0.15) is 0 Å². The van der Waals surface area contributed by atoms with E-state index in [-0.39, 0.29) is 11.2 Å². The topological polar surface area (TPSA) is 32.3 Å². The Morgan fingerprint density at radius 1 is 1.04 bits per heavy atom. The van der Waals surface area contributed by atoms with E-state index >= 15 is 0 Å². The molecule has 0 aliphatic carbocycles. The number of likely N-dealkylation sites (tertiary alicyclic amines) is 1. The van der Waals surface area contributed by atoms with Gasteiger partial charge in [0.1, 0.15) is 0 Å². The molecule has 1 N–H and O–H groups in total. The average Bonchev–Trinajstić information content (AvgIpc) is 3.18. The first-order chi connectivity index (χ1) is 12.7. The summed E-state index contributed by atoms with van der Waals surface area (Å²) in [7, 11) is 0. The maximum atomic E-state index is 12.4. The van der Waals surface area contributed by atoms with Gasteiger partial charge >= 0.3 is 0 Å². The van der Waals surface area contributed by atoms with Gasteiger partial charge < -0.3 is 5.32 Å². The van der Waals surface area contributed by atoms with E-state index in [1.165, 1.54) is 42.6 Å². The summed E-state index contributed by atoms with van der Waals surface area (Å²) in [5, 5.41) is 3.03. The summed E-state index contributed by atoms with van der Waals surface area (Å²) in [6.45, 7) is 6.01. The van der Waals surface area contributed by atoms with Crippen molar-refractivity contribution in [2.45, 2.75) is 43.9 Å². The van der Waals surface area contributed by atoms with Gasteiger partial charge in [-0.05, 0) is 49.5 Å². The lowest BCUT2D eigenvalue weighted by Gasteiger charge is -2.16. The van der Waals surface area contributed by atoms with Crippen LogP contribution in [0.5, 0.6) is 0 Å². The molecule has 0 bridgehead atoms. The number of amides is 1. The summed E-state index contributed by atoms with van der Waals surface area (Å²) < 4.78 is 0. The van der Waals surface area contributed by atoms with Crippen LogP contribution < -0.4 is 5.32 Å². The largest absolute Gasteiger partial charge is 0.351 e. The van der Waals surface area contributed by atoms with Crippen LogP contribution >= 0.6 is 11.8 Å². The normalized spacial score (nSPS) is 15.7. The summed E-state index contributed by atoms with van der Waals surface area (Å²) >= 11 is 1.68. The van der Waals surface area contributed by atoms with Crippen LogP contribution in [0.15, 0.2) is 54.6 Å². The van der Waals surface area contributed by atoms with Gasteiger partial charge in [0.05, 0.1) is 5.25 Å². The zero-order chi connectivity index (χ0) is 18.2. The van der Waals surface area contributed by atoms with Crippen LogP contribution in [0, 0.1) is 0 Å². The summed E-state index contributed by atoms with van der Waals surface area (Å²) in [4.78, 5) is 14.9. The van der Waals surface area contributed by atoms with Gasteiger partial charge in [-0.15, -0.1) is 11.8 Å². The standard InChI is InChI=1S/C22H28N2OS/c1-18(26-17-19-8-3-2-4-9-19)22(25)23-15-20-10-7-11-21(14-20)16-24-12-5-6-13-24/h2-4,7-11,14,18H,5-6,12-13,15-17H2,1H3,(H,23,25)/t18-/m0/s1. The van der Waals surface area contributed by atoms with E-state index in [0.29, 0.717) is 6.54 Å². The average molecular weight is 369 g/mol. The fraction of sp³-hybridized carbons (Fsp3) is 0.409. The molecule has 4 heteroatoms. The molecule has 3 nitrogen and oxygen atoms in total. The van der Waals surface area contributed by atoms with Crippen LogP contribution in [0.1, 0.15) is 36.5 Å². The molecule has 0 aromatic heterocycles. The Kier molecular flexibility index (Phi) is 7.15. The first-order valence-corrected chi connectivity index (χ1v) is 10.5. The SMILES string of the molecule is C[C@H](SCc1ccccc1)C(=O)NCc1cccc(CN2CCCC2)c1. The predicted molar refractivity (Wildman–Crippen MR) is 110 cm³/mol. The highest BCUT2D eigenvalue weighted by molar-refractivity contribution is 7.99. The Morgan fingerprint density at radius 3 is 2.50 bits per heavy atom. The lowest BCUT2D eigenvalue weighted by atomic mass is 10.1. The van der Waals surface area contributed by atoms with Crippen molar-refractivity contribution in [3.05, 3.63) is 71.3 Å². The highest BCUT2D eigenvalue weighted by atomic mass is 32.2. The minimum Gasteiger partial charge on any atom is -0.351 e. The molecule has 26 heavy (non-hydrogen) atoms. The Labute approximate surface area is 161 Å². The number of carbonyl (C=O) groups excluding carboxylic acids is 1. The van der Waals surface area contributed by atoms with Crippen molar-refractivity contribution < 1.29 is 4.79 Å². The number of carbonyl (C=O) groups is 1. The Bertz CT molecular complexity index is 698. The summed E-state index contributed by atoms with van der Waals surface area (Å²) in [6.07, 6.45) is 2.63. The zero-order valence-electron chi connectivity index (χ0n) is 15.5. The molecular formula is C22H28N2OS. The van der Waals surface area contributed by atoms with E-state index in [1.54, 1.807) is 11.8 Å². The maximum Gasteiger partial charge on any atom is 0.233 e. The number of hydrogen-bond donors (Lipinski definition) is 1. The number of nitrogens with zero attached hydrogens (tertiary/aromatic N) is 1. The molecule has 1 aliphatic heterocycles. The molecule has 1 amide bonds. The van der Waals surface area contributed by atoms with Crippen molar-refractivity contribution in [3.8, 4) is 0 Å². The lowest BCUT2D eigenvalue weighted by Crippen LogP contribution is -2.30. The molecule has 1 atom stereocenters. The molecule has 1 saturated heterocycles. The smallest absolute Gasteiger partial charge is 0.233 e. The van der Waals surface area contributed by atoms with Crippen LogP contribution in [0.25, 0.3) is 0 Å². The number of nitrogens with one attached hydrogen (secondary N) is 1. The van der Waals surface area contributed by atoms with Crippen LogP contribution in [0.2, 0.25) is 0 Å². The third-order valence-corrected chi connectivity index (χ3v) is 5.99. The lowest BCUT2D eigenvalue weighted by molar-refractivity contribution is -0.120. The van der Waals surface area contributed by atoms with E-state index in [4.69, 9.17) is 0 Å². The fourth-order valence-electron chi connectivity index (χ4n) is 3.24. The first kappa shape index (κ1) is 19.0. The van der Waals surface area contributed by atoms with Crippen molar-refractivity contribution >= 4 is 17.7 Å². The molecule has 0 radical (unpaired) electrons. The Hall–Kier alpha value is -1.78. The third-order valence-electron chi connectivity index (χ3n) is 4.78. The van der Waals surface area contributed by atoms with Crippen molar-refractivity contribution in [3.63, 3.8) is 0 Å². The van der Waals surface area contributed by atoms with Gasteiger partial charge in [-0.3, -0.25) is 9.69 Å². The van der Waals surface area contributed by atoms with Crippen molar-refractivity contribution in [2.75, 3.05) is 13.1 Å². The van der Waals surface area contributed by atoms with Gasteiger partial charge in [0, 0.05) is 18.8 Å². The van der Waals surface area contributed by atoms with Gasteiger partial charge in [-0.25, -0.2) is 0 Å². The predicted octanol–water partition coefficient (Wildman–Crippen LogP) is 4.22. The molecule has 3 rings (SSSR count). The second kappa shape index (κ2) is 9.79. The summed E-state index contributed by atoms with van der Waals surface area (Å²) in [6, 6.07) is 18.9. The van der Waals surface area contributed by atoms with Crippen LogP contribution in [-0.4, -0.2) is 29.1 Å². The molecule has 0 spiro atoms. The highest BCUT2D eigenvalue weighted by Crippen LogP contribution is 2.18. The molecule has 2 aromatic rings. The zero-order valence-corrected chi connectivity index (χ0v) is 16.3. The van der Waals surface area contributed by atoms with E-state index in [1.807, 2.05) is 25.1 Å². The monoisotopic (exact) mass is 368 g/mol. The Balaban J connectivity index is 1.44. The van der Waals surface area contributed by atoms with E-state index in [9.17, 15) is 4.79 Å². The third kappa shape index (κ3) is 5.89. The molecule has 1 aliphatic rings. The summed E-state index contributed by atoms with van der Waals surface area (Å²) in [5.74, 6) is 0.969. The quantitative estimate of drug-likeness (QED) is 0.757. The minimum absolute atomic E-state index is 0.0528. The molecule has 0 saturated carbocycles. The van der Waals surface area contributed by atoms with Gasteiger partial charge in [0.2, 0.25) is 5.91 Å².